The molecule has 0 radical (unpaired) electrons. The lowest BCUT2D eigenvalue weighted by molar-refractivity contribution is -0.135. The van der Waals surface area contributed by atoms with Crippen LogP contribution in [-0.4, -0.2) is 76.4 Å². The summed E-state index contributed by atoms with van der Waals surface area (Å²) in [4.78, 5) is 59.3. The minimum atomic E-state index is -1.05. The number of carbonyl (C=O) groups excluding carboxylic acids is 4. The molecule has 2 aliphatic rings. The Labute approximate surface area is 287 Å². The van der Waals surface area contributed by atoms with Crippen LogP contribution in [0.5, 0.6) is 5.75 Å². The molecule has 49 heavy (non-hydrogen) atoms. The maximum Gasteiger partial charge on any atom is 0.243 e. The first kappa shape index (κ1) is 35.9. The summed E-state index contributed by atoms with van der Waals surface area (Å²) in [5.41, 5.74) is 15.7. The van der Waals surface area contributed by atoms with E-state index in [4.69, 9.17) is 11.5 Å². The number of piperidine rings is 1. The molecule has 0 bridgehead atoms. The van der Waals surface area contributed by atoms with Gasteiger partial charge in [-0.1, -0.05) is 50.1 Å². The van der Waals surface area contributed by atoms with Crippen molar-refractivity contribution >= 4 is 34.5 Å². The topological polar surface area (TPSA) is 196 Å². The molecule has 4 amide bonds. The van der Waals surface area contributed by atoms with Crippen LogP contribution in [0.4, 0.5) is 0 Å². The van der Waals surface area contributed by atoms with E-state index in [-0.39, 0.29) is 30.0 Å². The highest BCUT2D eigenvalue weighted by molar-refractivity contribution is 5.94. The molecule has 1 fully saturated rings. The fourth-order valence-corrected chi connectivity index (χ4v) is 7.23. The Balaban J connectivity index is 1.26. The van der Waals surface area contributed by atoms with Gasteiger partial charge in [0.15, 0.2) is 0 Å². The lowest BCUT2D eigenvalue weighted by Gasteiger charge is -2.42. The largest absolute Gasteiger partial charge is 0.508 e. The summed E-state index contributed by atoms with van der Waals surface area (Å²) in [7, 11) is 0. The van der Waals surface area contributed by atoms with Crippen molar-refractivity contribution in [2.24, 2.45) is 17.4 Å². The average molecular weight is 674 g/mol. The third-order valence-electron chi connectivity index (χ3n) is 9.98. The lowest BCUT2D eigenvalue weighted by Crippen LogP contribution is -2.57. The number of aromatic hydroxyl groups is 1. The third kappa shape index (κ3) is 8.98. The first-order chi connectivity index (χ1) is 23.7. The number of hydrogen-bond acceptors (Lipinski definition) is 7. The molecule has 9 N–H and O–H groups in total. The Morgan fingerprint density at radius 1 is 0.918 bits per heavy atom. The van der Waals surface area contributed by atoms with Gasteiger partial charge in [0.05, 0.1) is 12.0 Å². The fourth-order valence-electron chi connectivity index (χ4n) is 7.23. The summed E-state index contributed by atoms with van der Waals surface area (Å²) in [6.07, 6.45) is 6.12. The molecule has 2 aliphatic heterocycles. The minimum absolute atomic E-state index is 0.0742. The number of aromatic nitrogens is 1. The van der Waals surface area contributed by atoms with E-state index >= 15 is 0 Å². The molecular formula is C37H51N7O5. The van der Waals surface area contributed by atoms with Crippen molar-refractivity contribution in [2.75, 3.05) is 19.6 Å². The zero-order valence-corrected chi connectivity index (χ0v) is 28.4. The molecule has 12 nitrogen and oxygen atoms in total. The van der Waals surface area contributed by atoms with Gasteiger partial charge in [-0.2, -0.15) is 0 Å². The van der Waals surface area contributed by atoms with Crippen LogP contribution in [0.25, 0.3) is 10.9 Å². The number of rotatable bonds is 16. The number of amides is 4. The first-order valence-corrected chi connectivity index (χ1v) is 17.7. The number of aromatic amines is 1. The van der Waals surface area contributed by atoms with Crippen molar-refractivity contribution in [3.05, 3.63) is 65.4 Å². The third-order valence-corrected chi connectivity index (χ3v) is 9.98. The number of hydrogen-bond donors (Lipinski definition) is 7. The number of primary amides is 1. The van der Waals surface area contributed by atoms with Crippen molar-refractivity contribution in [3.63, 3.8) is 0 Å². The average Bonchev–Trinajstić information content (AvgIpc) is 3.49. The SMILES string of the molecule is CCCC[C@H](NC(=O)[C@H]1CC[C@@H]2c3[nH]c4ccccc4c3CCN2C1)C(=O)N[C@@H](Cc1ccc(O)cc1)C(=O)N[C@@H](CCCCN)C(N)=O. The van der Waals surface area contributed by atoms with Crippen LogP contribution in [0.3, 0.4) is 0 Å². The molecule has 0 spiro atoms. The Hall–Kier alpha value is -4.42. The van der Waals surface area contributed by atoms with Gasteiger partial charge >= 0.3 is 0 Å². The standard InChI is InChI=1S/C37H51N7O5/c1-2-3-9-30(42-35(47)24-14-17-32-33-27(18-20-44(32)22-24)26-8-4-5-10-28(26)40-33)36(48)43-31(21-23-12-15-25(45)16-13-23)37(49)41-29(34(39)46)11-6-7-19-38/h4-5,8,10,12-13,15-16,24,29-32,40,45H,2-3,6-7,9,11,14,17-22,38H2,1H3,(H2,39,46)(H,41,49)(H,42,47)(H,43,48)/t24-,29-,30-,31-,32+/m0/s1. The number of nitrogens with two attached hydrogens (primary N) is 2. The molecule has 3 aromatic rings. The number of phenols is 1. The van der Waals surface area contributed by atoms with Gasteiger partial charge in [-0.25, -0.2) is 0 Å². The molecule has 1 aromatic heterocycles. The predicted molar refractivity (Wildman–Crippen MR) is 188 cm³/mol. The Bertz CT molecular complexity index is 1610. The molecule has 5 atom stereocenters. The van der Waals surface area contributed by atoms with E-state index in [2.05, 4.69) is 44.0 Å². The number of H-pyrrole nitrogens is 1. The minimum Gasteiger partial charge on any atom is -0.508 e. The van der Waals surface area contributed by atoms with Crippen LogP contribution in [0.15, 0.2) is 48.5 Å². The molecule has 0 saturated carbocycles. The molecule has 5 rings (SSSR count). The van der Waals surface area contributed by atoms with Crippen molar-refractivity contribution < 1.29 is 24.3 Å². The van der Waals surface area contributed by atoms with Crippen molar-refractivity contribution in [1.29, 1.82) is 0 Å². The molecule has 12 heteroatoms. The highest BCUT2D eigenvalue weighted by atomic mass is 16.3. The maximum atomic E-state index is 13.8. The van der Waals surface area contributed by atoms with E-state index in [0.717, 1.165) is 31.3 Å². The number of fused-ring (bicyclic) bond motifs is 5. The first-order valence-electron chi connectivity index (χ1n) is 17.7. The number of benzene rings is 2. The molecule has 1 saturated heterocycles. The number of unbranched alkanes of at least 4 members (excludes halogenated alkanes) is 2. The van der Waals surface area contributed by atoms with Crippen molar-refractivity contribution in [1.82, 2.24) is 25.8 Å². The summed E-state index contributed by atoms with van der Waals surface area (Å²) >= 11 is 0. The van der Waals surface area contributed by atoms with Crippen LogP contribution in [0.2, 0.25) is 0 Å². The van der Waals surface area contributed by atoms with Crippen molar-refractivity contribution in [2.45, 2.75) is 95.3 Å². The van der Waals surface area contributed by atoms with Crippen LogP contribution < -0.4 is 27.4 Å². The Kier molecular flexibility index (Phi) is 12.3. The molecule has 0 unspecified atom stereocenters. The second kappa shape index (κ2) is 16.8. The number of nitrogens with one attached hydrogen (secondary N) is 4. The quantitative estimate of drug-likeness (QED) is 0.114. The summed E-state index contributed by atoms with van der Waals surface area (Å²) in [6, 6.07) is 12.2. The molecular weight excluding hydrogens is 622 g/mol. The summed E-state index contributed by atoms with van der Waals surface area (Å²) in [5, 5.41) is 19.6. The lowest BCUT2D eigenvalue weighted by atomic mass is 9.85. The van der Waals surface area contributed by atoms with E-state index in [1.54, 1.807) is 12.1 Å². The van der Waals surface area contributed by atoms with Gasteiger partial charge in [0.25, 0.3) is 0 Å². The zero-order chi connectivity index (χ0) is 34.9. The summed E-state index contributed by atoms with van der Waals surface area (Å²) in [5.74, 6) is -2.04. The smallest absolute Gasteiger partial charge is 0.243 e. The monoisotopic (exact) mass is 673 g/mol. The Morgan fingerprint density at radius 2 is 1.63 bits per heavy atom. The summed E-state index contributed by atoms with van der Waals surface area (Å²) < 4.78 is 0. The maximum absolute atomic E-state index is 13.8. The number of para-hydroxylation sites is 1. The molecule has 2 aromatic carbocycles. The fraction of sp³-hybridized carbons (Fsp3) is 0.514. The van der Waals surface area contributed by atoms with Crippen LogP contribution in [0, 0.1) is 5.92 Å². The molecule has 3 heterocycles. The zero-order valence-electron chi connectivity index (χ0n) is 28.4. The molecule has 0 aliphatic carbocycles. The van der Waals surface area contributed by atoms with Gasteiger partial charge in [0.1, 0.15) is 23.9 Å². The van der Waals surface area contributed by atoms with E-state index in [9.17, 15) is 24.3 Å². The van der Waals surface area contributed by atoms with Crippen LogP contribution in [-0.2, 0) is 32.0 Å². The number of phenolic OH excluding ortho intramolecular Hbond substituents is 1. The van der Waals surface area contributed by atoms with Gasteiger partial charge in [0, 0.05) is 36.1 Å². The van der Waals surface area contributed by atoms with E-state index in [1.165, 1.54) is 28.8 Å². The second-order valence-electron chi connectivity index (χ2n) is 13.5. The van der Waals surface area contributed by atoms with Gasteiger partial charge in [-0.15, -0.1) is 0 Å². The molecule has 264 valence electrons. The van der Waals surface area contributed by atoms with E-state index in [1.807, 2.05) is 13.0 Å². The van der Waals surface area contributed by atoms with Crippen LogP contribution in [0.1, 0.15) is 81.2 Å². The normalized spacial score (nSPS) is 19.2. The van der Waals surface area contributed by atoms with Crippen LogP contribution >= 0.6 is 0 Å². The number of carbonyl (C=O) groups is 4. The predicted octanol–water partition coefficient (Wildman–Crippen LogP) is 2.68. The second-order valence-corrected chi connectivity index (χ2v) is 13.5. The van der Waals surface area contributed by atoms with E-state index < -0.39 is 35.8 Å². The van der Waals surface area contributed by atoms with Gasteiger partial charge in [-0.05, 0) is 80.8 Å². The summed E-state index contributed by atoms with van der Waals surface area (Å²) in [6.45, 7) is 3.95. The van der Waals surface area contributed by atoms with Crippen molar-refractivity contribution in [3.8, 4) is 5.75 Å². The Morgan fingerprint density at radius 3 is 2.37 bits per heavy atom. The van der Waals surface area contributed by atoms with Gasteiger partial charge < -0.3 is 37.5 Å². The van der Waals surface area contributed by atoms with Gasteiger partial charge in [0.2, 0.25) is 23.6 Å². The van der Waals surface area contributed by atoms with E-state index in [0.29, 0.717) is 57.2 Å². The van der Waals surface area contributed by atoms with Gasteiger partial charge in [-0.3, -0.25) is 24.1 Å². The number of nitrogens with zero attached hydrogens (tertiary/aromatic N) is 1. The highest BCUT2D eigenvalue weighted by Gasteiger charge is 2.38. The highest BCUT2D eigenvalue weighted by Crippen LogP contribution is 2.40.